The van der Waals surface area contributed by atoms with Crippen molar-refractivity contribution >= 4 is 24.4 Å². The fraction of sp³-hybridized carbons (Fsp3) is 0.576. The van der Waals surface area contributed by atoms with E-state index < -0.39 is 51.0 Å². The first kappa shape index (κ1) is 39.3. The van der Waals surface area contributed by atoms with Crippen LogP contribution in [-0.4, -0.2) is 87.0 Å². The molecule has 0 saturated carbocycles. The van der Waals surface area contributed by atoms with Crippen molar-refractivity contribution in [2.45, 2.75) is 95.9 Å². The number of hydrogen-bond donors (Lipinski definition) is 8. The third kappa shape index (κ3) is 11.1. The molecule has 2 aromatic carbocycles. The zero-order valence-corrected chi connectivity index (χ0v) is 27.1. The van der Waals surface area contributed by atoms with Crippen LogP contribution in [0.25, 0.3) is 0 Å². The number of rotatable bonds is 16. The van der Waals surface area contributed by atoms with Gasteiger partial charge in [-0.05, 0) is 54.1 Å². The summed E-state index contributed by atoms with van der Waals surface area (Å²) in [5, 5.41) is 56.3. The molecule has 1 heterocycles. The molecule has 0 aromatic heterocycles. The maximum atomic E-state index is 11.3. The summed E-state index contributed by atoms with van der Waals surface area (Å²) < 4.78 is 11.4. The summed E-state index contributed by atoms with van der Waals surface area (Å²) in [6, 6.07) is 14.6. The van der Waals surface area contributed by atoms with E-state index in [2.05, 4.69) is 13.8 Å². The van der Waals surface area contributed by atoms with Gasteiger partial charge >= 0.3 is 7.12 Å². The zero-order chi connectivity index (χ0) is 34.6. The van der Waals surface area contributed by atoms with E-state index in [1.54, 1.807) is 12.1 Å². The lowest BCUT2D eigenvalue weighted by molar-refractivity contribution is -0.122. The first-order valence-electron chi connectivity index (χ1n) is 15.8. The number of primary amides is 2. The van der Waals surface area contributed by atoms with E-state index in [1.807, 2.05) is 50.2 Å². The number of benzene rings is 2. The molecule has 8 atom stereocenters. The van der Waals surface area contributed by atoms with E-state index in [-0.39, 0.29) is 35.5 Å². The van der Waals surface area contributed by atoms with Crippen molar-refractivity contribution in [2.24, 2.45) is 23.3 Å². The van der Waals surface area contributed by atoms with Crippen LogP contribution in [0.5, 0.6) is 0 Å². The number of hydrogen-bond acceptors (Lipinski definition) is 10. The lowest BCUT2D eigenvalue weighted by atomic mass is 9.78. The summed E-state index contributed by atoms with van der Waals surface area (Å²) in [4.78, 5) is 22.4. The molecule has 3 rings (SSSR count). The molecule has 12 nitrogen and oxygen atoms in total. The van der Waals surface area contributed by atoms with Gasteiger partial charge in [-0.25, -0.2) is 0 Å². The normalized spacial score (nSPS) is 21.7. The van der Waals surface area contributed by atoms with Gasteiger partial charge in [0.25, 0.3) is 0 Å². The highest BCUT2D eigenvalue weighted by atomic mass is 16.7. The number of amides is 2. The van der Waals surface area contributed by atoms with Crippen molar-refractivity contribution in [3.8, 4) is 0 Å². The predicted octanol–water partition coefficient (Wildman–Crippen LogP) is 0.552. The molecule has 0 radical (unpaired) electrons. The molecule has 46 heavy (non-hydrogen) atoms. The molecule has 10 N–H and O–H groups in total. The highest BCUT2D eigenvalue weighted by Crippen LogP contribution is 2.36. The Hall–Kier alpha value is -2.88. The Morgan fingerprint density at radius 2 is 1.11 bits per heavy atom. The summed E-state index contributed by atoms with van der Waals surface area (Å²) in [5.74, 6) is -0.515. The molecular weight excluding hydrogens is 595 g/mol. The van der Waals surface area contributed by atoms with Crippen molar-refractivity contribution in [1.82, 2.24) is 0 Å². The number of ether oxygens (including phenoxy) is 2. The minimum Gasteiger partial charge on any atom is -0.423 e. The van der Waals surface area contributed by atoms with Crippen LogP contribution >= 0.6 is 0 Å². The topological polar surface area (TPSA) is 226 Å². The molecule has 1 fully saturated rings. The smallest absolute Gasteiger partial charge is 0.423 e. The van der Waals surface area contributed by atoms with E-state index >= 15 is 0 Å². The third-order valence-electron chi connectivity index (χ3n) is 8.64. The van der Waals surface area contributed by atoms with Crippen LogP contribution in [0.2, 0.25) is 0 Å². The van der Waals surface area contributed by atoms with Crippen LogP contribution in [0, 0.1) is 11.8 Å². The second-order valence-corrected chi connectivity index (χ2v) is 12.0. The molecule has 1 aliphatic heterocycles. The van der Waals surface area contributed by atoms with Gasteiger partial charge in [-0.15, -0.1) is 0 Å². The molecule has 2 aromatic rings. The number of aliphatic hydroxyl groups excluding tert-OH is 4. The highest BCUT2D eigenvalue weighted by Gasteiger charge is 2.44. The lowest BCUT2D eigenvalue weighted by Crippen LogP contribution is -2.45. The number of carbonyl (C=O) groups is 2. The molecule has 1 saturated heterocycles. The van der Waals surface area contributed by atoms with Gasteiger partial charge in [0, 0.05) is 17.4 Å². The maximum absolute atomic E-state index is 11.3. The van der Waals surface area contributed by atoms with Crippen LogP contribution in [-0.2, 0) is 19.1 Å². The van der Waals surface area contributed by atoms with Gasteiger partial charge in [-0.2, -0.15) is 0 Å². The Morgan fingerprint density at radius 1 is 0.739 bits per heavy atom. The SMILES string of the molecule is CCC(CC(C)C(N)=O)c1ccc(B(O)O)cc1.CCC(CC(C)C(N)=O)c1ccc(C2OC(C(O)CO)C(C(O)CO)O2)cc1. The van der Waals surface area contributed by atoms with Gasteiger partial charge in [0.05, 0.1) is 13.2 Å². The molecule has 0 spiro atoms. The summed E-state index contributed by atoms with van der Waals surface area (Å²) in [7, 11) is -1.44. The Labute approximate surface area is 271 Å². The van der Waals surface area contributed by atoms with E-state index in [1.165, 1.54) is 0 Å². The molecule has 2 amide bonds. The fourth-order valence-electron chi connectivity index (χ4n) is 5.48. The molecule has 0 aliphatic carbocycles. The zero-order valence-electron chi connectivity index (χ0n) is 27.1. The predicted molar refractivity (Wildman–Crippen MR) is 173 cm³/mol. The van der Waals surface area contributed by atoms with Gasteiger partial charge in [0.15, 0.2) is 6.29 Å². The van der Waals surface area contributed by atoms with Crippen molar-refractivity contribution in [3.63, 3.8) is 0 Å². The lowest BCUT2D eigenvalue weighted by Gasteiger charge is -2.23. The molecule has 1 aliphatic rings. The Kier molecular flexibility index (Phi) is 16.3. The van der Waals surface area contributed by atoms with Crippen LogP contribution < -0.4 is 16.9 Å². The first-order valence-corrected chi connectivity index (χ1v) is 15.8. The van der Waals surface area contributed by atoms with Crippen molar-refractivity contribution in [1.29, 1.82) is 0 Å². The van der Waals surface area contributed by atoms with E-state index in [9.17, 15) is 30.0 Å². The minimum atomic E-state index is -1.44. The van der Waals surface area contributed by atoms with Gasteiger partial charge < -0.3 is 51.4 Å². The Morgan fingerprint density at radius 3 is 1.41 bits per heavy atom. The van der Waals surface area contributed by atoms with Crippen LogP contribution in [0.4, 0.5) is 0 Å². The average molecular weight is 647 g/mol. The molecule has 256 valence electrons. The summed E-state index contributed by atoms with van der Waals surface area (Å²) >= 11 is 0. The van der Waals surface area contributed by atoms with Gasteiger partial charge in [-0.1, -0.05) is 76.2 Å². The Balaban J connectivity index is 0.000000353. The number of carbonyl (C=O) groups excluding carboxylic acids is 2. The molecule has 8 unspecified atom stereocenters. The largest absolute Gasteiger partial charge is 0.488 e. The van der Waals surface area contributed by atoms with Crippen molar-refractivity contribution < 1.29 is 49.5 Å². The van der Waals surface area contributed by atoms with Gasteiger partial charge in [0.2, 0.25) is 11.8 Å². The third-order valence-corrected chi connectivity index (χ3v) is 8.64. The fourth-order valence-corrected chi connectivity index (χ4v) is 5.48. The van der Waals surface area contributed by atoms with E-state index in [0.717, 1.165) is 24.0 Å². The summed E-state index contributed by atoms with van der Waals surface area (Å²) in [5.41, 5.74) is 14.0. The summed E-state index contributed by atoms with van der Waals surface area (Å²) in [6.07, 6.45) is -2.08. The maximum Gasteiger partial charge on any atom is 0.488 e. The molecule has 13 heteroatoms. The Bertz CT molecular complexity index is 1180. The summed E-state index contributed by atoms with van der Waals surface area (Å²) in [6.45, 7) is 6.66. The first-order chi connectivity index (χ1) is 21.8. The van der Waals surface area contributed by atoms with E-state index in [4.69, 9.17) is 31.0 Å². The second kappa shape index (κ2) is 19.1. The van der Waals surface area contributed by atoms with Crippen LogP contribution in [0.15, 0.2) is 48.5 Å². The van der Waals surface area contributed by atoms with Gasteiger partial charge in [-0.3, -0.25) is 9.59 Å². The standard InChI is InChI=1S/C20H31NO7.C13H20BNO3/c1-3-12(8-11(2)19(21)26)13-4-6-14(7-5-13)20-27-17(15(24)9-22)18(28-20)16(25)10-23;1-3-10(8-9(2)13(15)16)11-4-6-12(7-5-11)14(17)18/h4-7,11-12,15-18,20,22-25H,3,8-10H2,1-2H3,(H2,21,26);4-7,9-10,17-18H,3,8H2,1-2H3,(H2,15,16). The average Bonchev–Trinajstić information content (AvgIpc) is 3.51. The van der Waals surface area contributed by atoms with Crippen LogP contribution in [0.1, 0.15) is 88.2 Å². The second-order valence-electron chi connectivity index (χ2n) is 12.0. The monoisotopic (exact) mass is 646 g/mol. The minimum absolute atomic E-state index is 0.155. The number of nitrogens with two attached hydrogens (primary N) is 2. The highest BCUT2D eigenvalue weighted by molar-refractivity contribution is 6.58. The number of aliphatic hydroxyl groups is 4. The van der Waals surface area contributed by atoms with Crippen LogP contribution in [0.3, 0.4) is 0 Å². The van der Waals surface area contributed by atoms with E-state index in [0.29, 0.717) is 23.9 Å². The quantitative estimate of drug-likeness (QED) is 0.118. The molecule has 0 bridgehead atoms. The van der Waals surface area contributed by atoms with Gasteiger partial charge in [0.1, 0.15) is 24.4 Å². The van der Waals surface area contributed by atoms with Crippen molar-refractivity contribution in [2.75, 3.05) is 13.2 Å². The molecular formula is C33H51BN2O10. The van der Waals surface area contributed by atoms with Crippen molar-refractivity contribution in [3.05, 3.63) is 65.2 Å².